The SMILES string of the molecule is CCCCCC(CCCCC(O)CCC)S(=O)(=O)[O-].[K+]. The summed E-state index contributed by atoms with van der Waals surface area (Å²) >= 11 is 0. The van der Waals surface area contributed by atoms with Crippen LogP contribution in [-0.2, 0) is 10.1 Å². The molecule has 2 unspecified atom stereocenters. The van der Waals surface area contributed by atoms with E-state index >= 15 is 0 Å². The monoisotopic (exact) mass is 332 g/mol. The summed E-state index contributed by atoms with van der Waals surface area (Å²) in [4.78, 5) is 0. The number of aliphatic hydroxyl groups is 1. The first-order chi connectivity index (χ1) is 8.91. The van der Waals surface area contributed by atoms with Crippen LogP contribution in [0.25, 0.3) is 0 Å². The predicted molar refractivity (Wildman–Crippen MR) is 77.0 cm³/mol. The summed E-state index contributed by atoms with van der Waals surface area (Å²) in [7, 11) is -4.17. The Labute approximate surface area is 167 Å². The van der Waals surface area contributed by atoms with E-state index in [0.29, 0.717) is 25.7 Å². The largest absolute Gasteiger partial charge is 1.00 e. The van der Waals surface area contributed by atoms with Gasteiger partial charge >= 0.3 is 51.4 Å². The molecule has 0 saturated carbocycles. The van der Waals surface area contributed by atoms with Crippen molar-refractivity contribution >= 4 is 10.1 Å². The first-order valence-electron chi connectivity index (χ1n) is 7.54. The molecule has 0 saturated heterocycles. The van der Waals surface area contributed by atoms with Gasteiger partial charge in [0, 0.05) is 5.25 Å². The molecule has 0 rings (SSSR count). The molecular weight excluding hydrogens is 303 g/mol. The summed E-state index contributed by atoms with van der Waals surface area (Å²) < 4.78 is 33.5. The van der Waals surface area contributed by atoms with E-state index < -0.39 is 15.4 Å². The molecule has 0 spiro atoms. The molecule has 0 amide bonds. The second-order valence-corrected chi connectivity index (χ2v) is 6.99. The third-order valence-electron chi connectivity index (χ3n) is 3.47. The molecule has 6 heteroatoms. The van der Waals surface area contributed by atoms with Gasteiger partial charge in [0.2, 0.25) is 0 Å². The number of unbranched alkanes of at least 4 members (excludes halogenated alkanes) is 3. The van der Waals surface area contributed by atoms with Crippen LogP contribution in [0, 0.1) is 0 Å². The topological polar surface area (TPSA) is 77.4 Å². The predicted octanol–water partition coefficient (Wildman–Crippen LogP) is 0.206. The fraction of sp³-hybridized carbons (Fsp3) is 1.00. The average Bonchev–Trinajstić information content (AvgIpc) is 2.31. The van der Waals surface area contributed by atoms with E-state index in [-0.39, 0.29) is 57.5 Å². The van der Waals surface area contributed by atoms with Crippen LogP contribution >= 0.6 is 0 Å². The second-order valence-electron chi connectivity index (χ2n) is 5.34. The van der Waals surface area contributed by atoms with Crippen LogP contribution in [-0.4, -0.2) is 29.4 Å². The summed E-state index contributed by atoms with van der Waals surface area (Å²) in [5, 5.41) is 8.83. The van der Waals surface area contributed by atoms with Gasteiger partial charge in [0.05, 0.1) is 16.2 Å². The molecule has 0 aliphatic carbocycles. The standard InChI is InChI=1S/C14H30O4S.K/c1-3-5-6-11-14(19(16,17)18)12-8-7-10-13(15)9-4-2;/h13-15H,3-12H2,1-2H3,(H,16,17,18);/q;+1/p-1. The molecule has 116 valence electrons. The molecule has 0 aliphatic rings. The van der Waals surface area contributed by atoms with Crippen LogP contribution in [0.3, 0.4) is 0 Å². The van der Waals surface area contributed by atoms with Gasteiger partial charge in [-0.2, -0.15) is 0 Å². The van der Waals surface area contributed by atoms with Gasteiger partial charge in [-0.1, -0.05) is 52.4 Å². The molecule has 2 atom stereocenters. The average molecular weight is 333 g/mol. The van der Waals surface area contributed by atoms with Crippen molar-refractivity contribution in [3.63, 3.8) is 0 Å². The van der Waals surface area contributed by atoms with E-state index in [4.69, 9.17) is 0 Å². The second kappa shape index (κ2) is 14.1. The summed E-state index contributed by atoms with van der Waals surface area (Å²) in [5.74, 6) is 0. The van der Waals surface area contributed by atoms with Crippen molar-refractivity contribution in [3.05, 3.63) is 0 Å². The van der Waals surface area contributed by atoms with Gasteiger partial charge in [-0.3, -0.25) is 0 Å². The molecule has 1 N–H and O–H groups in total. The Morgan fingerprint density at radius 1 is 0.900 bits per heavy atom. The Bertz CT molecular complexity index is 306. The minimum atomic E-state index is -4.17. The van der Waals surface area contributed by atoms with Crippen molar-refractivity contribution in [2.24, 2.45) is 0 Å². The summed E-state index contributed by atoms with van der Waals surface area (Å²) in [6.07, 6.45) is 7.39. The van der Waals surface area contributed by atoms with Crippen molar-refractivity contribution < 1.29 is 69.5 Å². The Kier molecular flexibility index (Phi) is 16.8. The Morgan fingerprint density at radius 3 is 1.85 bits per heavy atom. The summed E-state index contributed by atoms with van der Waals surface area (Å²) in [6.45, 7) is 4.08. The normalized spacial score (nSPS) is 14.6. The van der Waals surface area contributed by atoms with E-state index in [2.05, 4.69) is 6.92 Å². The van der Waals surface area contributed by atoms with E-state index in [1.165, 1.54) is 0 Å². The molecular formula is C14H29KO4S. The Balaban J connectivity index is 0. The van der Waals surface area contributed by atoms with E-state index in [0.717, 1.165) is 38.5 Å². The third-order valence-corrected chi connectivity index (χ3v) is 4.76. The summed E-state index contributed by atoms with van der Waals surface area (Å²) in [6, 6.07) is 0. The Morgan fingerprint density at radius 2 is 1.40 bits per heavy atom. The Hall–Kier alpha value is 1.51. The quantitative estimate of drug-likeness (QED) is 0.315. The van der Waals surface area contributed by atoms with Gasteiger partial charge in [-0.15, -0.1) is 0 Å². The van der Waals surface area contributed by atoms with Crippen molar-refractivity contribution in [2.75, 3.05) is 0 Å². The third kappa shape index (κ3) is 13.2. The van der Waals surface area contributed by atoms with Gasteiger partial charge in [-0.05, 0) is 25.7 Å². The number of aliphatic hydroxyl groups excluding tert-OH is 1. The zero-order valence-corrected chi connectivity index (χ0v) is 17.2. The van der Waals surface area contributed by atoms with Crippen LogP contribution in [0.4, 0.5) is 0 Å². The van der Waals surface area contributed by atoms with Crippen molar-refractivity contribution in [3.8, 4) is 0 Å². The van der Waals surface area contributed by atoms with Gasteiger partial charge in [0.1, 0.15) is 0 Å². The number of rotatable bonds is 12. The van der Waals surface area contributed by atoms with E-state index in [1.54, 1.807) is 0 Å². The maximum Gasteiger partial charge on any atom is 1.00 e. The zero-order valence-electron chi connectivity index (χ0n) is 13.3. The molecule has 20 heavy (non-hydrogen) atoms. The minimum Gasteiger partial charge on any atom is -0.748 e. The van der Waals surface area contributed by atoms with E-state index in [1.807, 2.05) is 6.92 Å². The molecule has 4 nitrogen and oxygen atoms in total. The molecule has 0 bridgehead atoms. The molecule has 0 aliphatic heterocycles. The van der Waals surface area contributed by atoms with Crippen molar-refractivity contribution in [1.29, 1.82) is 0 Å². The maximum atomic E-state index is 11.2. The maximum absolute atomic E-state index is 11.2. The number of hydrogen-bond donors (Lipinski definition) is 1. The van der Waals surface area contributed by atoms with Crippen LogP contribution in [0.2, 0.25) is 0 Å². The minimum absolute atomic E-state index is 0. The smallest absolute Gasteiger partial charge is 0.748 e. The van der Waals surface area contributed by atoms with E-state index in [9.17, 15) is 18.1 Å². The van der Waals surface area contributed by atoms with Gasteiger partial charge < -0.3 is 9.66 Å². The van der Waals surface area contributed by atoms with Gasteiger partial charge in [0.15, 0.2) is 0 Å². The molecule has 0 aromatic rings. The van der Waals surface area contributed by atoms with Gasteiger partial charge in [-0.25, -0.2) is 8.42 Å². The first kappa shape index (κ1) is 23.8. The fourth-order valence-corrected chi connectivity index (χ4v) is 3.20. The molecule has 0 radical (unpaired) electrons. The molecule has 0 fully saturated rings. The summed E-state index contributed by atoms with van der Waals surface area (Å²) in [5.41, 5.74) is 0. The molecule has 0 aromatic heterocycles. The van der Waals surface area contributed by atoms with Crippen LogP contribution in [0.5, 0.6) is 0 Å². The van der Waals surface area contributed by atoms with Gasteiger partial charge in [0.25, 0.3) is 0 Å². The first-order valence-corrected chi connectivity index (χ1v) is 9.01. The van der Waals surface area contributed by atoms with Crippen LogP contribution in [0.1, 0.15) is 78.1 Å². The fourth-order valence-electron chi connectivity index (χ4n) is 2.28. The zero-order chi connectivity index (χ0) is 14.7. The number of hydrogen-bond acceptors (Lipinski definition) is 4. The van der Waals surface area contributed by atoms with Crippen LogP contribution < -0.4 is 51.4 Å². The van der Waals surface area contributed by atoms with Crippen LogP contribution in [0.15, 0.2) is 0 Å². The molecule has 0 aromatic carbocycles. The molecule has 0 heterocycles. The van der Waals surface area contributed by atoms with Crippen molar-refractivity contribution in [1.82, 2.24) is 0 Å². The van der Waals surface area contributed by atoms with Crippen molar-refractivity contribution in [2.45, 2.75) is 89.4 Å².